The van der Waals surface area contributed by atoms with Gasteiger partial charge in [-0.15, -0.1) is 0 Å². The topological polar surface area (TPSA) is 55.1 Å². The molecule has 21 heavy (non-hydrogen) atoms. The molecule has 0 fully saturated rings. The van der Waals surface area contributed by atoms with Crippen molar-refractivity contribution >= 4 is 44.0 Å². The van der Waals surface area contributed by atoms with Gasteiger partial charge in [0, 0.05) is 21.4 Å². The highest BCUT2D eigenvalue weighted by Crippen LogP contribution is 2.22. The fourth-order valence-electron chi connectivity index (χ4n) is 2.16. The van der Waals surface area contributed by atoms with E-state index in [-0.39, 0.29) is 5.91 Å². The second-order valence-electron chi connectivity index (χ2n) is 4.75. The average molecular weight is 341 g/mol. The summed E-state index contributed by atoms with van der Waals surface area (Å²) in [4.78, 5) is 12.2. The SMILES string of the molecule is Nc1cc(C(=O)Nc2ccc3ccccc3c2)ccc1Br. The molecule has 0 aliphatic rings. The summed E-state index contributed by atoms with van der Waals surface area (Å²) in [6, 6.07) is 19.0. The van der Waals surface area contributed by atoms with Crippen molar-refractivity contribution in [2.24, 2.45) is 0 Å². The van der Waals surface area contributed by atoms with Gasteiger partial charge in [-0.25, -0.2) is 0 Å². The molecule has 4 heteroatoms. The molecule has 0 radical (unpaired) electrons. The minimum atomic E-state index is -0.176. The summed E-state index contributed by atoms with van der Waals surface area (Å²) in [7, 11) is 0. The largest absolute Gasteiger partial charge is 0.398 e. The lowest BCUT2D eigenvalue weighted by atomic mass is 10.1. The molecule has 0 spiro atoms. The Balaban J connectivity index is 1.87. The van der Waals surface area contributed by atoms with Gasteiger partial charge in [-0.1, -0.05) is 30.3 Å². The number of hydrogen-bond donors (Lipinski definition) is 2. The molecule has 0 saturated heterocycles. The van der Waals surface area contributed by atoms with Crippen LogP contribution in [0.4, 0.5) is 11.4 Å². The Bertz CT molecular complexity index is 830. The summed E-state index contributed by atoms with van der Waals surface area (Å²) in [5.74, 6) is -0.176. The fraction of sp³-hybridized carbons (Fsp3) is 0. The molecule has 0 aromatic heterocycles. The lowest BCUT2D eigenvalue weighted by Gasteiger charge is -2.08. The van der Waals surface area contributed by atoms with Gasteiger partial charge >= 0.3 is 0 Å². The lowest BCUT2D eigenvalue weighted by molar-refractivity contribution is 0.102. The van der Waals surface area contributed by atoms with Crippen molar-refractivity contribution in [1.82, 2.24) is 0 Å². The van der Waals surface area contributed by atoms with Crippen molar-refractivity contribution in [2.45, 2.75) is 0 Å². The molecule has 0 aliphatic carbocycles. The highest BCUT2D eigenvalue weighted by molar-refractivity contribution is 9.10. The van der Waals surface area contributed by atoms with Crippen molar-refractivity contribution < 1.29 is 4.79 Å². The number of rotatable bonds is 2. The summed E-state index contributed by atoms with van der Waals surface area (Å²) in [6.07, 6.45) is 0. The zero-order chi connectivity index (χ0) is 14.8. The molecular weight excluding hydrogens is 328 g/mol. The maximum absolute atomic E-state index is 12.2. The van der Waals surface area contributed by atoms with Crippen LogP contribution in [0.15, 0.2) is 65.1 Å². The van der Waals surface area contributed by atoms with Crippen LogP contribution in [-0.4, -0.2) is 5.91 Å². The first-order valence-electron chi connectivity index (χ1n) is 6.49. The molecule has 104 valence electrons. The van der Waals surface area contributed by atoms with Crippen molar-refractivity contribution in [3.8, 4) is 0 Å². The predicted molar refractivity (Wildman–Crippen MR) is 90.5 cm³/mol. The third-order valence-corrected chi connectivity index (χ3v) is 3.99. The van der Waals surface area contributed by atoms with Crippen LogP contribution < -0.4 is 11.1 Å². The van der Waals surface area contributed by atoms with E-state index in [9.17, 15) is 4.79 Å². The Morgan fingerprint density at radius 1 is 0.952 bits per heavy atom. The number of halogens is 1. The predicted octanol–water partition coefficient (Wildman–Crippen LogP) is 4.44. The molecule has 0 unspecified atom stereocenters. The smallest absolute Gasteiger partial charge is 0.255 e. The van der Waals surface area contributed by atoms with E-state index in [1.165, 1.54) is 0 Å². The third kappa shape index (κ3) is 2.90. The molecule has 3 N–H and O–H groups in total. The summed E-state index contributed by atoms with van der Waals surface area (Å²) in [5.41, 5.74) is 7.64. The number of hydrogen-bond acceptors (Lipinski definition) is 2. The Hall–Kier alpha value is -2.33. The number of nitrogens with one attached hydrogen (secondary N) is 1. The lowest BCUT2D eigenvalue weighted by Crippen LogP contribution is -2.12. The number of anilines is 2. The van der Waals surface area contributed by atoms with Crippen LogP contribution in [0.3, 0.4) is 0 Å². The number of carbonyl (C=O) groups is 1. The van der Waals surface area contributed by atoms with Crippen molar-refractivity contribution in [2.75, 3.05) is 11.1 Å². The molecule has 1 amide bonds. The number of benzene rings is 3. The van der Waals surface area contributed by atoms with Gasteiger partial charge in [0.05, 0.1) is 0 Å². The molecule has 0 aliphatic heterocycles. The molecule has 0 bridgehead atoms. The molecule has 0 atom stereocenters. The monoisotopic (exact) mass is 340 g/mol. The van der Waals surface area contributed by atoms with Crippen LogP contribution in [0, 0.1) is 0 Å². The van der Waals surface area contributed by atoms with E-state index in [4.69, 9.17) is 5.73 Å². The van der Waals surface area contributed by atoms with Gasteiger partial charge in [-0.3, -0.25) is 4.79 Å². The second kappa shape index (κ2) is 5.58. The highest BCUT2D eigenvalue weighted by atomic mass is 79.9. The first kappa shape index (κ1) is 13.6. The Labute approximate surface area is 130 Å². The quantitative estimate of drug-likeness (QED) is 0.677. The number of carbonyl (C=O) groups excluding carboxylic acids is 1. The summed E-state index contributed by atoms with van der Waals surface area (Å²) in [5, 5.41) is 5.12. The maximum Gasteiger partial charge on any atom is 0.255 e. The molecular formula is C17H13BrN2O. The first-order chi connectivity index (χ1) is 10.1. The summed E-state index contributed by atoms with van der Waals surface area (Å²) >= 11 is 3.32. The van der Waals surface area contributed by atoms with E-state index in [1.807, 2.05) is 42.5 Å². The van der Waals surface area contributed by atoms with Gasteiger partial charge < -0.3 is 11.1 Å². The van der Waals surface area contributed by atoms with Crippen LogP contribution in [0.1, 0.15) is 10.4 Å². The van der Waals surface area contributed by atoms with Crippen molar-refractivity contribution in [1.29, 1.82) is 0 Å². The fourth-order valence-corrected chi connectivity index (χ4v) is 2.40. The van der Waals surface area contributed by atoms with Crippen LogP contribution in [0.2, 0.25) is 0 Å². The molecule has 0 saturated carbocycles. The molecule has 0 heterocycles. The van der Waals surface area contributed by atoms with Crippen molar-refractivity contribution in [3.05, 3.63) is 70.7 Å². The van der Waals surface area contributed by atoms with Crippen LogP contribution in [0.5, 0.6) is 0 Å². The van der Waals surface area contributed by atoms with Crippen LogP contribution in [0.25, 0.3) is 10.8 Å². The summed E-state index contributed by atoms with van der Waals surface area (Å²) < 4.78 is 0.782. The van der Waals surface area contributed by atoms with E-state index >= 15 is 0 Å². The third-order valence-electron chi connectivity index (χ3n) is 3.27. The van der Waals surface area contributed by atoms with Crippen molar-refractivity contribution in [3.63, 3.8) is 0 Å². The van der Waals surface area contributed by atoms with Gasteiger partial charge in [0.2, 0.25) is 0 Å². The average Bonchev–Trinajstić information content (AvgIpc) is 2.50. The van der Waals surface area contributed by atoms with E-state index in [0.29, 0.717) is 11.3 Å². The van der Waals surface area contributed by atoms with Crippen LogP contribution >= 0.6 is 15.9 Å². The minimum Gasteiger partial charge on any atom is -0.398 e. The molecule has 3 aromatic carbocycles. The number of amides is 1. The highest BCUT2D eigenvalue weighted by Gasteiger charge is 2.08. The normalized spacial score (nSPS) is 10.5. The standard InChI is InChI=1S/C17H13BrN2O/c18-15-8-6-13(10-16(15)19)17(21)20-14-7-5-11-3-1-2-4-12(11)9-14/h1-10H,19H2,(H,20,21). The zero-order valence-electron chi connectivity index (χ0n) is 11.1. The van der Waals surface area contributed by atoms with Gasteiger partial charge in [0.15, 0.2) is 0 Å². The second-order valence-corrected chi connectivity index (χ2v) is 5.61. The Morgan fingerprint density at radius 2 is 1.71 bits per heavy atom. The molecule has 3 aromatic rings. The van der Waals surface area contributed by atoms with E-state index in [1.54, 1.807) is 18.2 Å². The van der Waals surface area contributed by atoms with Gasteiger partial charge in [0.25, 0.3) is 5.91 Å². The summed E-state index contributed by atoms with van der Waals surface area (Å²) in [6.45, 7) is 0. The van der Waals surface area contributed by atoms with Gasteiger partial charge in [-0.2, -0.15) is 0 Å². The zero-order valence-corrected chi connectivity index (χ0v) is 12.7. The molecule has 3 nitrogen and oxygen atoms in total. The van der Waals surface area contributed by atoms with E-state index in [2.05, 4.69) is 21.2 Å². The number of nitrogen functional groups attached to an aromatic ring is 1. The van der Waals surface area contributed by atoms with Gasteiger partial charge in [-0.05, 0) is 57.0 Å². The Kier molecular flexibility index (Phi) is 3.62. The maximum atomic E-state index is 12.2. The van der Waals surface area contributed by atoms with E-state index in [0.717, 1.165) is 20.9 Å². The number of fused-ring (bicyclic) bond motifs is 1. The van der Waals surface area contributed by atoms with Gasteiger partial charge in [0.1, 0.15) is 0 Å². The van der Waals surface area contributed by atoms with Crippen LogP contribution in [-0.2, 0) is 0 Å². The minimum absolute atomic E-state index is 0.176. The van der Waals surface area contributed by atoms with E-state index < -0.39 is 0 Å². The first-order valence-corrected chi connectivity index (χ1v) is 7.28. The number of nitrogens with two attached hydrogens (primary N) is 1. The molecule has 3 rings (SSSR count). The Morgan fingerprint density at radius 3 is 2.48 bits per heavy atom.